The minimum absolute atomic E-state index is 0.000532. The molecule has 26 nitrogen and oxygen atoms in total. The van der Waals surface area contributed by atoms with E-state index in [4.69, 9.17) is 9.47 Å². The van der Waals surface area contributed by atoms with Gasteiger partial charge in [-0.2, -0.15) is 0 Å². The Morgan fingerprint density at radius 1 is 0.413 bits per heavy atom. The maximum Gasteiger partial charge on any atom is 0.315 e. The average molecular weight is 1270 g/mol. The monoisotopic (exact) mass is 1260 g/mol. The number of esters is 2. The van der Waals surface area contributed by atoms with E-state index in [0.29, 0.717) is 24.7 Å². The number of anilines is 2. The molecule has 8 N–H and O–H groups in total. The molecule has 6 aromatic rings. The van der Waals surface area contributed by atoms with Crippen LogP contribution in [0.25, 0.3) is 45.0 Å². The molecule has 92 heavy (non-hydrogen) atoms. The Labute approximate surface area is 537 Å². The third-order valence-electron chi connectivity index (χ3n) is 14.1. The number of rotatable bonds is 22. The van der Waals surface area contributed by atoms with Gasteiger partial charge in [-0.15, -0.1) is 10.2 Å². The fourth-order valence-electron chi connectivity index (χ4n) is 9.53. The quantitative estimate of drug-likeness (QED) is 0.0182. The number of nitrogens with one attached hydrogen (secondary N) is 8. The van der Waals surface area contributed by atoms with Crippen LogP contribution in [0, 0.1) is 0 Å². The van der Waals surface area contributed by atoms with Crippen LogP contribution in [0.1, 0.15) is 120 Å². The van der Waals surface area contributed by atoms with Crippen LogP contribution in [-0.4, -0.2) is 139 Å². The van der Waals surface area contributed by atoms with E-state index < -0.39 is 73.1 Å². The van der Waals surface area contributed by atoms with Gasteiger partial charge in [0.15, 0.2) is 0 Å². The Morgan fingerprint density at radius 2 is 0.739 bits per heavy atom. The van der Waals surface area contributed by atoms with Gasteiger partial charge in [0, 0.05) is 44.4 Å². The van der Waals surface area contributed by atoms with Crippen molar-refractivity contribution in [3.63, 3.8) is 0 Å². The number of aromatic nitrogens is 6. The van der Waals surface area contributed by atoms with Crippen LogP contribution in [0.3, 0.4) is 0 Å². The van der Waals surface area contributed by atoms with E-state index in [2.05, 4.69) is 105 Å². The van der Waals surface area contributed by atoms with E-state index in [1.807, 2.05) is 139 Å². The Kier molecular flexibility index (Phi) is 23.8. The molecular formula is C66H88N16O10. The standard InChI is InChI=1S/2C33H44N8O5/c2*1-32(2,3)36-20-35-27(43)18-29(45)46-16-15-34-26(42)17-28(44)40-19-22-11-7-8-12-23(22)30-31(24-13-9-10-14-25(24)40)41(39-38-30)21-37-33(4,5)6/h2*7-14,36-37H,15-21H2,1-6H3,(H,34,42)(H,35,43). The number of ether oxygens (including phenoxy) is 2. The number of hydrogen-bond acceptors (Lipinski definition) is 18. The van der Waals surface area contributed by atoms with Crippen molar-refractivity contribution in [1.82, 2.24) is 72.5 Å². The van der Waals surface area contributed by atoms with Gasteiger partial charge in [-0.1, -0.05) is 95.4 Å². The molecule has 2 aromatic heterocycles. The molecule has 2 aliphatic heterocycles. The van der Waals surface area contributed by atoms with Gasteiger partial charge < -0.3 is 40.5 Å². The molecule has 26 heteroatoms. The fraction of sp³-hybridized carbons (Fsp3) is 0.455. The molecule has 492 valence electrons. The lowest BCUT2D eigenvalue weighted by Gasteiger charge is -2.29. The fourth-order valence-corrected chi connectivity index (χ4v) is 9.53. The number of amides is 6. The van der Waals surface area contributed by atoms with Crippen molar-refractivity contribution >= 4 is 58.8 Å². The van der Waals surface area contributed by atoms with Crippen molar-refractivity contribution in [2.24, 2.45) is 0 Å². The molecule has 6 amide bonds. The minimum Gasteiger partial charge on any atom is -0.463 e. The second-order valence-corrected chi connectivity index (χ2v) is 26.3. The summed E-state index contributed by atoms with van der Waals surface area (Å²) in [6, 6.07) is 30.5. The molecule has 0 bridgehead atoms. The molecule has 8 rings (SSSR count). The SMILES string of the molecule is CC(C)(C)NCNC(=O)CC(=O)OCCNC(=O)CC(=O)N1Cc2ccccc2-c2nnn(CNC(C)(C)C)c2-c2ccccc21.CC(C)(C)NCNC(=O)CC(=O)OCCNC(=O)CC(=O)N1Cc2ccccc2-c2nnn(CNC(C)(C)C)c2-c2ccccc21. The normalized spacial score (nSPS) is 12.6. The maximum absolute atomic E-state index is 13.7. The van der Waals surface area contributed by atoms with Crippen LogP contribution >= 0.6 is 0 Å². The summed E-state index contributed by atoms with van der Waals surface area (Å²) in [7, 11) is 0. The van der Waals surface area contributed by atoms with E-state index in [0.717, 1.165) is 56.2 Å². The van der Waals surface area contributed by atoms with E-state index >= 15 is 0 Å². The highest BCUT2D eigenvalue weighted by atomic mass is 16.5. The highest BCUT2D eigenvalue weighted by Crippen LogP contribution is 2.43. The number of nitrogens with zero attached hydrogens (tertiary/aromatic N) is 8. The minimum atomic E-state index is -0.708. The predicted molar refractivity (Wildman–Crippen MR) is 348 cm³/mol. The van der Waals surface area contributed by atoms with Gasteiger partial charge in [-0.3, -0.25) is 59.6 Å². The summed E-state index contributed by atoms with van der Waals surface area (Å²) in [5, 5.41) is 41.6. The van der Waals surface area contributed by atoms with Gasteiger partial charge in [0.2, 0.25) is 35.4 Å². The van der Waals surface area contributed by atoms with E-state index in [-0.39, 0.29) is 74.9 Å². The van der Waals surface area contributed by atoms with Gasteiger partial charge >= 0.3 is 11.9 Å². The van der Waals surface area contributed by atoms with Gasteiger partial charge in [0.05, 0.1) is 64.2 Å². The molecule has 0 radical (unpaired) electrons. The van der Waals surface area contributed by atoms with Crippen molar-refractivity contribution in [2.45, 2.75) is 157 Å². The number of carbonyl (C=O) groups excluding carboxylic acids is 8. The molecule has 0 spiro atoms. The van der Waals surface area contributed by atoms with Crippen LogP contribution in [0.2, 0.25) is 0 Å². The predicted octanol–water partition coefficient (Wildman–Crippen LogP) is 5.41. The third-order valence-corrected chi connectivity index (χ3v) is 14.1. The first-order valence-corrected chi connectivity index (χ1v) is 30.6. The zero-order chi connectivity index (χ0) is 67.0. The third kappa shape index (κ3) is 20.9. The van der Waals surface area contributed by atoms with Crippen molar-refractivity contribution in [2.75, 3.05) is 49.4 Å². The van der Waals surface area contributed by atoms with Crippen LogP contribution in [0.4, 0.5) is 11.4 Å². The summed E-state index contributed by atoms with van der Waals surface area (Å²) >= 11 is 0. The van der Waals surface area contributed by atoms with Gasteiger partial charge in [-0.25, -0.2) is 9.36 Å². The number of hydrogen-bond donors (Lipinski definition) is 8. The molecule has 0 atom stereocenters. The second kappa shape index (κ2) is 31.2. The number of para-hydroxylation sites is 2. The Balaban J connectivity index is 0.000000261. The molecule has 0 saturated heterocycles. The van der Waals surface area contributed by atoms with Crippen LogP contribution < -0.4 is 52.3 Å². The molecule has 0 unspecified atom stereocenters. The van der Waals surface area contributed by atoms with Gasteiger partial charge in [-0.05, 0) is 106 Å². The number of fused-ring (bicyclic) bond motifs is 10. The van der Waals surface area contributed by atoms with Gasteiger partial charge in [0.25, 0.3) is 0 Å². The van der Waals surface area contributed by atoms with E-state index in [1.165, 1.54) is 0 Å². The maximum atomic E-state index is 13.7. The van der Waals surface area contributed by atoms with Crippen molar-refractivity contribution in [3.05, 3.63) is 108 Å². The number of carbonyl (C=O) groups is 8. The van der Waals surface area contributed by atoms with Crippen LogP contribution in [0.15, 0.2) is 97.1 Å². The Hall–Kier alpha value is -9.24. The lowest BCUT2D eigenvalue weighted by molar-refractivity contribution is -0.148. The summed E-state index contributed by atoms with van der Waals surface area (Å²) in [4.78, 5) is 104. The van der Waals surface area contributed by atoms with Crippen molar-refractivity contribution < 1.29 is 47.8 Å². The first-order valence-electron chi connectivity index (χ1n) is 30.6. The highest BCUT2D eigenvalue weighted by molar-refractivity contribution is 6.09. The summed E-state index contributed by atoms with van der Waals surface area (Å²) in [5.74, 6) is -4.17. The highest BCUT2D eigenvalue weighted by Gasteiger charge is 2.33. The van der Waals surface area contributed by atoms with E-state index in [1.54, 1.807) is 19.2 Å². The molecule has 0 aliphatic carbocycles. The number of benzene rings is 4. The first kappa shape index (κ1) is 70.2. The molecule has 2 aliphatic rings. The molecular weight excluding hydrogens is 1180 g/mol. The van der Waals surface area contributed by atoms with Crippen molar-refractivity contribution in [3.8, 4) is 45.0 Å². The Bertz CT molecular complexity index is 3370. The summed E-state index contributed by atoms with van der Waals surface area (Å²) < 4.78 is 13.7. The largest absolute Gasteiger partial charge is 0.463 e. The summed E-state index contributed by atoms with van der Waals surface area (Å²) in [5.41, 5.74) is 8.56. The average Bonchev–Trinajstić information content (AvgIpc) is 1.48. The van der Waals surface area contributed by atoms with Crippen LogP contribution in [0.5, 0.6) is 0 Å². The summed E-state index contributed by atoms with van der Waals surface area (Å²) in [6.07, 6.45) is -1.69. The molecule has 0 saturated carbocycles. The smallest absolute Gasteiger partial charge is 0.315 e. The summed E-state index contributed by atoms with van der Waals surface area (Å²) in [6.45, 7) is 25.6. The topological polar surface area (TPSA) is 319 Å². The van der Waals surface area contributed by atoms with Crippen LogP contribution in [-0.2, 0) is 74.3 Å². The zero-order valence-electron chi connectivity index (χ0n) is 54.8. The molecule has 4 heterocycles. The second-order valence-electron chi connectivity index (χ2n) is 26.3. The Morgan fingerprint density at radius 3 is 1.10 bits per heavy atom. The molecule has 0 fully saturated rings. The van der Waals surface area contributed by atoms with E-state index in [9.17, 15) is 38.4 Å². The molecule has 4 aromatic carbocycles. The van der Waals surface area contributed by atoms with Crippen molar-refractivity contribution in [1.29, 1.82) is 0 Å². The van der Waals surface area contributed by atoms with Gasteiger partial charge in [0.1, 0.15) is 61.7 Å². The lowest BCUT2D eigenvalue weighted by Crippen LogP contribution is -2.44. The zero-order valence-corrected chi connectivity index (χ0v) is 54.8. The lowest BCUT2D eigenvalue weighted by atomic mass is 9.95. The first-order chi connectivity index (χ1) is 43.4.